The SMILES string of the molecule is Cc1oc(-n2cccc2)c(C#N)c1C(=O)OCC(=O)N1CCCC1. The summed E-state index contributed by atoms with van der Waals surface area (Å²) in [6.07, 6.45) is 5.37. The van der Waals surface area contributed by atoms with Gasteiger partial charge in [-0.1, -0.05) is 0 Å². The standard InChI is InChI=1S/C17H17N3O4/c1-12-15(13(10-18)16(24-12)20-8-4-5-9-20)17(22)23-11-14(21)19-6-2-3-7-19/h4-5,8-9H,2-3,6-7,11H2,1H3. The second kappa shape index (κ2) is 6.62. The van der Waals surface area contributed by atoms with Crippen LogP contribution in [0.15, 0.2) is 28.9 Å². The van der Waals surface area contributed by atoms with E-state index >= 15 is 0 Å². The topological polar surface area (TPSA) is 88.5 Å². The Bertz CT molecular complexity index is 793. The Hall–Kier alpha value is -3.01. The number of carbonyl (C=O) groups is 2. The molecule has 0 atom stereocenters. The third-order valence-corrected chi connectivity index (χ3v) is 4.01. The first kappa shape index (κ1) is 15.9. The molecule has 3 rings (SSSR count). The number of rotatable bonds is 4. The monoisotopic (exact) mass is 327 g/mol. The average Bonchev–Trinajstić information content (AvgIpc) is 3.31. The van der Waals surface area contributed by atoms with Crippen LogP contribution in [0.5, 0.6) is 0 Å². The van der Waals surface area contributed by atoms with Gasteiger partial charge in [0.25, 0.3) is 5.91 Å². The second-order valence-electron chi connectivity index (χ2n) is 5.58. The van der Waals surface area contributed by atoms with Gasteiger partial charge in [0.05, 0.1) is 0 Å². The van der Waals surface area contributed by atoms with E-state index in [1.807, 2.05) is 6.07 Å². The van der Waals surface area contributed by atoms with Crippen molar-refractivity contribution in [3.8, 4) is 12.0 Å². The molecule has 0 spiro atoms. The van der Waals surface area contributed by atoms with Crippen LogP contribution in [0.4, 0.5) is 0 Å². The molecule has 2 aromatic heterocycles. The lowest BCUT2D eigenvalue weighted by molar-refractivity contribution is -0.133. The molecule has 1 aliphatic rings. The third kappa shape index (κ3) is 2.91. The lowest BCUT2D eigenvalue weighted by Crippen LogP contribution is -2.32. The van der Waals surface area contributed by atoms with Crippen molar-refractivity contribution in [2.45, 2.75) is 19.8 Å². The van der Waals surface area contributed by atoms with E-state index in [1.165, 1.54) is 0 Å². The number of aryl methyl sites for hydroxylation is 1. The number of ether oxygens (including phenoxy) is 1. The van der Waals surface area contributed by atoms with E-state index in [0.29, 0.717) is 13.1 Å². The molecule has 0 aliphatic carbocycles. The molecule has 0 saturated carbocycles. The van der Waals surface area contributed by atoms with Crippen LogP contribution in [0.1, 0.15) is 34.5 Å². The number of esters is 1. The van der Waals surface area contributed by atoms with Gasteiger partial charge in [0.1, 0.15) is 23.0 Å². The Morgan fingerprint density at radius 2 is 1.96 bits per heavy atom. The zero-order valence-electron chi connectivity index (χ0n) is 13.3. The van der Waals surface area contributed by atoms with Gasteiger partial charge in [-0.15, -0.1) is 0 Å². The van der Waals surface area contributed by atoms with Crippen LogP contribution < -0.4 is 0 Å². The van der Waals surface area contributed by atoms with E-state index in [4.69, 9.17) is 9.15 Å². The molecular formula is C17H17N3O4. The maximum Gasteiger partial charge on any atom is 0.343 e. The predicted molar refractivity (Wildman–Crippen MR) is 83.6 cm³/mol. The fourth-order valence-corrected chi connectivity index (χ4v) is 2.79. The van der Waals surface area contributed by atoms with Gasteiger partial charge in [-0.2, -0.15) is 5.26 Å². The van der Waals surface area contributed by atoms with E-state index in [9.17, 15) is 14.9 Å². The highest BCUT2D eigenvalue weighted by molar-refractivity contribution is 5.95. The van der Waals surface area contributed by atoms with Crippen molar-refractivity contribution in [2.24, 2.45) is 0 Å². The van der Waals surface area contributed by atoms with Crippen molar-refractivity contribution in [1.82, 2.24) is 9.47 Å². The fourth-order valence-electron chi connectivity index (χ4n) is 2.79. The molecule has 0 bridgehead atoms. The van der Waals surface area contributed by atoms with Gasteiger partial charge in [-0.25, -0.2) is 4.79 Å². The highest BCUT2D eigenvalue weighted by Gasteiger charge is 2.27. The summed E-state index contributed by atoms with van der Waals surface area (Å²) in [6.45, 7) is 2.66. The van der Waals surface area contributed by atoms with Crippen molar-refractivity contribution in [3.63, 3.8) is 0 Å². The average molecular weight is 327 g/mol. The molecular weight excluding hydrogens is 310 g/mol. The maximum absolute atomic E-state index is 12.3. The fraction of sp³-hybridized carbons (Fsp3) is 0.353. The number of nitriles is 1. The summed E-state index contributed by atoms with van der Waals surface area (Å²) in [4.78, 5) is 26.0. The van der Waals surface area contributed by atoms with Gasteiger partial charge >= 0.3 is 5.97 Å². The van der Waals surface area contributed by atoms with Crippen LogP contribution in [0, 0.1) is 18.3 Å². The minimum absolute atomic E-state index is 0.0652. The van der Waals surface area contributed by atoms with Crippen LogP contribution in [0.25, 0.3) is 5.88 Å². The number of likely N-dealkylation sites (tertiary alicyclic amines) is 1. The van der Waals surface area contributed by atoms with Gasteiger partial charge in [0.2, 0.25) is 5.88 Å². The molecule has 0 aromatic carbocycles. The molecule has 0 radical (unpaired) electrons. The molecule has 1 saturated heterocycles. The minimum Gasteiger partial charge on any atom is -0.452 e. The number of amides is 1. The first-order valence-corrected chi connectivity index (χ1v) is 7.73. The highest BCUT2D eigenvalue weighted by atomic mass is 16.5. The molecule has 24 heavy (non-hydrogen) atoms. The van der Waals surface area contributed by atoms with Crippen LogP contribution in [0.3, 0.4) is 0 Å². The van der Waals surface area contributed by atoms with Gasteiger partial charge in [-0.05, 0) is 31.9 Å². The number of hydrogen-bond acceptors (Lipinski definition) is 5. The molecule has 3 heterocycles. The van der Waals surface area contributed by atoms with E-state index in [2.05, 4.69) is 0 Å². The molecule has 7 heteroatoms. The second-order valence-corrected chi connectivity index (χ2v) is 5.58. The Kier molecular flexibility index (Phi) is 4.38. The van der Waals surface area contributed by atoms with Gasteiger partial charge in [0, 0.05) is 25.5 Å². The van der Waals surface area contributed by atoms with Crippen LogP contribution in [0.2, 0.25) is 0 Å². The zero-order chi connectivity index (χ0) is 17.1. The Labute approximate surface area is 139 Å². The van der Waals surface area contributed by atoms with E-state index in [0.717, 1.165) is 12.8 Å². The molecule has 1 amide bonds. The van der Waals surface area contributed by atoms with Crippen molar-refractivity contribution in [2.75, 3.05) is 19.7 Å². The predicted octanol–water partition coefficient (Wildman–Crippen LogP) is 2.03. The Balaban J connectivity index is 1.77. The molecule has 0 unspecified atom stereocenters. The number of carbonyl (C=O) groups excluding carboxylic acids is 2. The molecule has 124 valence electrons. The summed E-state index contributed by atoms with van der Waals surface area (Å²) in [7, 11) is 0. The van der Waals surface area contributed by atoms with E-state index in [-0.39, 0.29) is 35.3 Å². The molecule has 1 aliphatic heterocycles. The van der Waals surface area contributed by atoms with Crippen molar-refractivity contribution >= 4 is 11.9 Å². The molecule has 1 fully saturated rings. The lowest BCUT2D eigenvalue weighted by Gasteiger charge is -2.14. The highest BCUT2D eigenvalue weighted by Crippen LogP contribution is 2.26. The first-order chi connectivity index (χ1) is 11.6. The Morgan fingerprint density at radius 3 is 2.58 bits per heavy atom. The summed E-state index contributed by atoms with van der Waals surface area (Å²) in [6, 6.07) is 5.55. The summed E-state index contributed by atoms with van der Waals surface area (Å²) >= 11 is 0. The minimum atomic E-state index is -0.723. The van der Waals surface area contributed by atoms with Gasteiger partial charge in [0.15, 0.2) is 6.61 Å². The maximum atomic E-state index is 12.3. The van der Waals surface area contributed by atoms with E-state index in [1.54, 1.807) is 40.9 Å². The summed E-state index contributed by atoms with van der Waals surface area (Å²) < 4.78 is 12.3. The van der Waals surface area contributed by atoms with E-state index < -0.39 is 5.97 Å². The lowest BCUT2D eigenvalue weighted by atomic mass is 10.1. The third-order valence-electron chi connectivity index (χ3n) is 4.01. The van der Waals surface area contributed by atoms with Gasteiger partial charge < -0.3 is 14.1 Å². The van der Waals surface area contributed by atoms with Crippen LogP contribution >= 0.6 is 0 Å². The normalized spacial score (nSPS) is 13.8. The number of aromatic nitrogens is 1. The van der Waals surface area contributed by atoms with Crippen LogP contribution in [-0.4, -0.2) is 41.0 Å². The first-order valence-electron chi connectivity index (χ1n) is 7.73. The number of hydrogen-bond donors (Lipinski definition) is 0. The van der Waals surface area contributed by atoms with Crippen molar-refractivity contribution in [3.05, 3.63) is 41.4 Å². The molecule has 2 aromatic rings. The summed E-state index contributed by atoms with van der Waals surface area (Å²) in [5.74, 6) is -0.392. The quantitative estimate of drug-likeness (QED) is 0.802. The Morgan fingerprint density at radius 1 is 1.29 bits per heavy atom. The molecule has 0 N–H and O–H groups in total. The van der Waals surface area contributed by atoms with Crippen molar-refractivity contribution < 1.29 is 18.7 Å². The van der Waals surface area contributed by atoms with Crippen molar-refractivity contribution in [1.29, 1.82) is 5.26 Å². The van der Waals surface area contributed by atoms with Gasteiger partial charge in [-0.3, -0.25) is 9.36 Å². The largest absolute Gasteiger partial charge is 0.452 e. The van der Waals surface area contributed by atoms with Crippen LogP contribution in [-0.2, 0) is 9.53 Å². The summed E-state index contributed by atoms with van der Waals surface area (Å²) in [5, 5.41) is 9.40. The summed E-state index contributed by atoms with van der Waals surface area (Å²) in [5.41, 5.74) is 0.165. The molecule has 7 nitrogen and oxygen atoms in total. The number of furan rings is 1. The smallest absolute Gasteiger partial charge is 0.343 e. The number of nitrogens with zero attached hydrogens (tertiary/aromatic N) is 3. The zero-order valence-corrected chi connectivity index (χ0v) is 13.3.